The number of aryl methyl sites for hydroxylation is 1. The Labute approximate surface area is 167 Å². The van der Waals surface area contributed by atoms with E-state index in [4.69, 9.17) is 10.5 Å². The van der Waals surface area contributed by atoms with Gasteiger partial charge >= 0.3 is 5.69 Å². The molecule has 2 unspecified atom stereocenters. The van der Waals surface area contributed by atoms with E-state index in [0.29, 0.717) is 5.56 Å². The number of carbonyl (C=O) groups is 1. The summed E-state index contributed by atoms with van der Waals surface area (Å²) in [4.78, 5) is 33.4. The molecule has 29 heavy (non-hydrogen) atoms. The van der Waals surface area contributed by atoms with Crippen LogP contribution < -0.4 is 21.1 Å². The number of ether oxygens (including phenoxy) is 1. The molecule has 1 spiro atoms. The number of hydrogen-bond donors (Lipinski definition) is 3. The highest BCUT2D eigenvalue weighted by atomic mass is 16.5. The first-order valence-electron chi connectivity index (χ1n) is 9.54. The number of H-pyrrole nitrogens is 2. The van der Waals surface area contributed by atoms with Gasteiger partial charge in [0, 0.05) is 11.1 Å². The van der Waals surface area contributed by atoms with Crippen molar-refractivity contribution >= 4 is 11.6 Å². The fourth-order valence-corrected chi connectivity index (χ4v) is 5.51. The lowest BCUT2D eigenvalue weighted by Gasteiger charge is -2.44. The molecule has 3 aliphatic heterocycles. The van der Waals surface area contributed by atoms with Crippen LogP contribution in [-0.2, 0) is 10.2 Å². The maximum absolute atomic E-state index is 14.2. The van der Waals surface area contributed by atoms with Crippen molar-refractivity contribution in [1.82, 2.24) is 9.97 Å². The smallest absolute Gasteiger partial charge is 0.326 e. The Hall–Kier alpha value is -3.47. The summed E-state index contributed by atoms with van der Waals surface area (Å²) in [5.41, 5.74) is 7.20. The molecular formula is C21H21N5O3. The van der Waals surface area contributed by atoms with Crippen LogP contribution >= 0.6 is 0 Å². The molecule has 0 saturated heterocycles. The fourth-order valence-electron chi connectivity index (χ4n) is 5.51. The van der Waals surface area contributed by atoms with Gasteiger partial charge in [-0.3, -0.25) is 9.78 Å². The Morgan fingerprint density at radius 2 is 2.03 bits per heavy atom. The number of fused-ring (bicyclic) bond motifs is 3. The van der Waals surface area contributed by atoms with Gasteiger partial charge in [-0.1, -0.05) is 19.1 Å². The number of hydrogen-bond acceptors (Lipinski definition) is 5. The second-order valence-corrected chi connectivity index (χ2v) is 8.74. The van der Waals surface area contributed by atoms with Crippen molar-refractivity contribution < 1.29 is 9.53 Å². The minimum Gasteiger partial charge on any atom is -0.422 e. The molecule has 8 nitrogen and oxygen atoms in total. The van der Waals surface area contributed by atoms with Crippen LogP contribution in [-0.4, -0.2) is 21.4 Å². The molecular weight excluding hydrogens is 370 g/mol. The molecule has 0 radical (unpaired) electrons. The molecule has 2 atom stereocenters. The van der Waals surface area contributed by atoms with Gasteiger partial charge in [0.2, 0.25) is 17.7 Å². The van der Waals surface area contributed by atoms with Crippen LogP contribution in [0.5, 0.6) is 5.88 Å². The molecule has 8 heteroatoms. The number of imidazole rings is 1. The summed E-state index contributed by atoms with van der Waals surface area (Å²) in [6.45, 7) is 8.09. The van der Waals surface area contributed by atoms with E-state index in [9.17, 15) is 14.9 Å². The van der Waals surface area contributed by atoms with Gasteiger partial charge in [-0.05, 0) is 44.2 Å². The monoisotopic (exact) mass is 391 g/mol. The third kappa shape index (κ3) is 1.83. The number of nitrogens with zero attached hydrogens (tertiary/aromatic N) is 2. The van der Waals surface area contributed by atoms with Crippen LogP contribution in [0, 0.1) is 18.3 Å². The standard InChI is InChI=1S/C21H21N5O3/c1-9-5-6-11-10(2)7-20(3,4)26-14(11)13(9)21(18(26)27)12(8-22)16(23)29-17-15(21)24-19(28)25-17/h5-6,10H,7,23H2,1-4H3,(H2,24,25,28). The minimum atomic E-state index is -1.54. The number of rotatable bonds is 0. The molecule has 4 N–H and O–H groups in total. The summed E-state index contributed by atoms with van der Waals surface area (Å²) in [5, 5.41) is 10.0. The Kier molecular flexibility index (Phi) is 3.11. The fraction of sp³-hybridized carbons (Fsp3) is 0.381. The first-order chi connectivity index (χ1) is 13.6. The van der Waals surface area contributed by atoms with Crippen LogP contribution in [0.15, 0.2) is 28.4 Å². The molecule has 0 aliphatic carbocycles. The molecule has 5 rings (SSSR count). The number of nitrogens with one attached hydrogen (secondary N) is 2. The Bertz CT molecular complexity index is 1240. The molecule has 3 aliphatic rings. The van der Waals surface area contributed by atoms with Gasteiger partial charge in [0.25, 0.3) is 0 Å². The zero-order valence-corrected chi connectivity index (χ0v) is 16.6. The summed E-state index contributed by atoms with van der Waals surface area (Å²) >= 11 is 0. The third-order valence-electron chi connectivity index (χ3n) is 6.49. The van der Waals surface area contributed by atoms with Gasteiger partial charge in [-0.15, -0.1) is 0 Å². The van der Waals surface area contributed by atoms with Crippen molar-refractivity contribution in [2.45, 2.75) is 51.0 Å². The van der Waals surface area contributed by atoms with E-state index < -0.39 is 16.6 Å². The molecule has 4 heterocycles. The number of nitriles is 1. The molecule has 0 bridgehead atoms. The molecule has 1 aromatic heterocycles. The lowest BCUT2D eigenvalue weighted by Crippen LogP contribution is -2.54. The highest BCUT2D eigenvalue weighted by molar-refractivity contribution is 6.16. The maximum atomic E-state index is 14.2. The Balaban J connectivity index is 2.01. The second kappa shape index (κ2) is 5.11. The predicted octanol–water partition coefficient (Wildman–Crippen LogP) is 2.02. The summed E-state index contributed by atoms with van der Waals surface area (Å²) in [5.74, 6) is -0.164. The topological polar surface area (TPSA) is 128 Å². The number of nitrogens with two attached hydrogens (primary N) is 1. The molecule has 1 amide bonds. The first kappa shape index (κ1) is 17.6. The zero-order chi connectivity index (χ0) is 20.9. The van der Waals surface area contributed by atoms with E-state index in [2.05, 4.69) is 23.0 Å². The van der Waals surface area contributed by atoms with Crippen molar-refractivity contribution in [2.75, 3.05) is 4.90 Å². The van der Waals surface area contributed by atoms with Crippen molar-refractivity contribution in [1.29, 1.82) is 5.26 Å². The highest BCUT2D eigenvalue weighted by Gasteiger charge is 2.64. The average molecular weight is 391 g/mol. The molecule has 1 aromatic carbocycles. The summed E-state index contributed by atoms with van der Waals surface area (Å²) in [6, 6.07) is 6.12. The quantitative estimate of drug-likeness (QED) is 0.633. The summed E-state index contributed by atoms with van der Waals surface area (Å²) < 4.78 is 5.51. The van der Waals surface area contributed by atoms with E-state index in [1.165, 1.54) is 0 Å². The minimum absolute atomic E-state index is 0.000368. The highest BCUT2D eigenvalue weighted by Crippen LogP contribution is 2.60. The molecule has 0 fully saturated rings. The largest absolute Gasteiger partial charge is 0.422 e. The van der Waals surface area contributed by atoms with Gasteiger partial charge in [0.1, 0.15) is 17.3 Å². The van der Waals surface area contributed by atoms with Crippen LogP contribution in [0.2, 0.25) is 0 Å². The van der Waals surface area contributed by atoms with E-state index >= 15 is 0 Å². The maximum Gasteiger partial charge on any atom is 0.326 e. The lowest BCUT2D eigenvalue weighted by atomic mass is 9.70. The number of aromatic amines is 2. The number of amides is 1. The van der Waals surface area contributed by atoms with E-state index in [1.807, 2.05) is 32.9 Å². The predicted molar refractivity (Wildman–Crippen MR) is 105 cm³/mol. The zero-order valence-electron chi connectivity index (χ0n) is 16.6. The van der Waals surface area contributed by atoms with Crippen LogP contribution in [0.25, 0.3) is 0 Å². The lowest BCUT2D eigenvalue weighted by molar-refractivity contribution is -0.122. The van der Waals surface area contributed by atoms with E-state index in [1.54, 1.807) is 4.90 Å². The normalized spacial score (nSPS) is 26.2. The Morgan fingerprint density at radius 3 is 2.72 bits per heavy atom. The van der Waals surface area contributed by atoms with Crippen LogP contribution in [0.4, 0.5) is 5.69 Å². The first-order valence-corrected chi connectivity index (χ1v) is 9.54. The summed E-state index contributed by atoms with van der Waals surface area (Å²) in [7, 11) is 0. The SMILES string of the molecule is Cc1ccc2c3c1C1(C(=O)N3C(C)(C)CC2C)C(C#N)=C(N)Oc2[nH]c(=O)[nH]c21. The number of aromatic nitrogens is 2. The number of benzene rings is 1. The van der Waals surface area contributed by atoms with Gasteiger partial charge in [-0.2, -0.15) is 5.26 Å². The van der Waals surface area contributed by atoms with Crippen LogP contribution in [0.1, 0.15) is 55.5 Å². The van der Waals surface area contributed by atoms with E-state index in [-0.39, 0.29) is 34.9 Å². The van der Waals surface area contributed by atoms with Gasteiger partial charge in [0.15, 0.2) is 5.41 Å². The van der Waals surface area contributed by atoms with Crippen molar-refractivity contribution in [3.05, 3.63) is 56.5 Å². The van der Waals surface area contributed by atoms with Gasteiger partial charge in [0.05, 0.1) is 5.69 Å². The number of anilines is 1. The molecule has 148 valence electrons. The Morgan fingerprint density at radius 1 is 1.31 bits per heavy atom. The molecule has 2 aromatic rings. The van der Waals surface area contributed by atoms with Crippen LogP contribution in [0.3, 0.4) is 0 Å². The number of carbonyl (C=O) groups excluding carboxylic acids is 1. The van der Waals surface area contributed by atoms with E-state index in [0.717, 1.165) is 23.2 Å². The molecule has 0 saturated carbocycles. The average Bonchev–Trinajstić information content (AvgIpc) is 3.11. The third-order valence-corrected chi connectivity index (χ3v) is 6.49. The second-order valence-electron chi connectivity index (χ2n) is 8.74. The van der Waals surface area contributed by atoms with Gasteiger partial charge < -0.3 is 20.4 Å². The van der Waals surface area contributed by atoms with Crippen molar-refractivity contribution in [2.24, 2.45) is 5.73 Å². The van der Waals surface area contributed by atoms with Gasteiger partial charge in [-0.25, -0.2) is 4.79 Å². The van der Waals surface area contributed by atoms with Crippen molar-refractivity contribution in [3.8, 4) is 11.9 Å². The summed E-state index contributed by atoms with van der Waals surface area (Å²) in [6.07, 6.45) is 0.776. The van der Waals surface area contributed by atoms with Crippen molar-refractivity contribution in [3.63, 3.8) is 0 Å².